The number of likely N-dealkylation sites (N-methyl/N-ethyl adjacent to an activating group) is 2. The van der Waals surface area contributed by atoms with E-state index in [1.165, 1.54) is 0 Å². The van der Waals surface area contributed by atoms with Gasteiger partial charge in [0, 0.05) is 30.2 Å². The summed E-state index contributed by atoms with van der Waals surface area (Å²) in [6, 6.07) is 5.85. The van der Waals surface area contributed by atoms with Crippen LogP contribution in [-0.2, 0) is 5.54 Å². The van der Waals surface area contributed by atoms with Crippen LogP contribution in [0.3, 0.4) is 0 Å². The number of hydrogen-bond acceptors (Lipinski definition) is 3. The van der Waals surface area contributed by atoms with Crippen molar-refractivity contribution in [3.8, 4) is 5.75 Å². The first-order valence-electron chi connectivity index (χ1n) is 6.21. The minimum Gasteiger partial charge on any atom is -0.496 e. The summed E-state index contributed by atoms with van der Waals surface area (Å²) >= 11 is 6.15. The van der Waals surface area contributed by atoms with Crippen molar-refractivity contribution in [1.82, 2.24) is 9.80 Å². The summed E-state index contributed by atoms with van der Waals surface area (Å²) in [4.78, 5) is 4.72. The molecule has 1 aromatic rings. The van der Waals surface area contributed by atoms with Crippen molar-refractivity contribution in [2.75, 3.05) is 40.8 Å². The van der Waals surface area contributed by atoms with Crippen molar-refractivity contribution >= 4 is 11.6 Å². The first kappa shape index (κ1) is 13.7. The van der Waals surface area contributed by atoms with Crippen molar-refractivity contribution in [2.24, 2.45) is 0 Å². The molecular weight excluding hydrogens is 248 g/mol. The molecule has 0 bridgehead atoms. The maximum absolute atomic E-state index is 6.15. The Bertz CT molecular complexity index is 438. The third-order valence-corrected chi connectivity index (χ3v) is 4.21. The van der Waals surface area contributed by atoms with Gasteiger partial charge in [0.2, 0.25) is 0 Å². The van der Waals surface area contributed by atoms with Crippen LogP contribution in [0, 0.1) is 0 Å². The normalized spacial score (nSPS) is 26.3. The molecule has 1 atom stereocenters. The second kappa shape index (κ2) is 5.08. The number of rotatable bonds is 2. The number of halogens is 1. The lowest BCUT2D eigenvalue weighted by Crippen LogP contribution is -2.56. The summed E-state index contributed by atoms with van der Waals surface area (Å²) in [7, 11) is 6.03. The predicted octanol–water partition coefficient (Wildman–Crippen LogP) is 2.44. The Labute approximate surface area is 114 Å². The summed E-state index contributed by atoms with van der Waals surface area (Å²) in [5.74, 6) is 0.907. The zero-order valence-electron chi connectivity index (χ0n) is 11.5. The smallest absolute Gasteiger partial charge is 0.124 e. The molecule has 1 aliphatic heterocycles. The van der Waals surface area contributed by atoms with Crippen LogP contribution in [0.4, 0.5) is 0 Å². The van der Waals surface area contributed by atoms with E-state index in [9.17, 15) is 0 Å². The second-order valence-corrected chi connectivity index (χ2v) is 5.71. The monoisotopic (exact) mass is 268 g/mol. The maximum atomic E-state index is 6.15. The van der Waals surface area contributed by atoms with E-state index in [0.29, 0.717) is 0 Å². The number of hydrogen-bond donors (Lipinski definition) is 0. The molecule has 0 spiro atoms. The topological polar surface area (TPSA) is 15.7 Å². The zero-order chi connectivity index (χ0) is 13.3. The number of piperazine rings is 1. The van der Waals surface area contributed by atoms with Crippen LogP contribution < -0.4 is 4.74 Å². The minimum atomic E-state index is -0.0662. The molecule has 1 saturated heterocycles. The Hall–Kier alpha value is -0.770. The van der Waals surface area contributed by atoms with Crippen LogP contribution in [0.2, 0.25) is 5.02 Å². The Kier molecular flexibility index (Phi) is 3.85. The number of nitrogens with zero attached hydrogens (tertiary/aromatic N) is 2. The predicted molar refractivity (Wildman–Crippen MR) is 75.5 cm³/mol. The molecule has 18 heavy (non-hydrogen) atoms. The summed E-state index contributed by atoms with van der Waals surface area (Å²) in [6.07, 6.45) is 0. The van der Waals surface area contributed by atoms with Gasteiger partial charge in [-0.05, 0) is 39.2 Å². The van der Waals surface area contributed by atoms with Crippen LogP contribution >= 0.6 is 11.6 Å². The van der Waals surface area contributed by atoms with Gasteiger partial charge in [-0.1, -0.05) is 11.6 Å². The van der Waals surface area contributed by atoms with Crippen molar-refractivity contribution in [3.05, 3.63) is 28.8 Å². The maximum Gasteiger partial charge on any atom is 0.124 e. The SMILES string of the molecule is COc1ccc(Cl)cc1C1(C)CN(C)CCN1C. The highest BCUT2D eigenvalue weighted by Crippen LogP contribution is 2.37. The van der Waals surface area contributed by atoms with Gasteiger partial charge in [-0.15, -0.1) is 0 Å². The molecule has 1 aliphatic rings. The number of methoxy groups -OCH3 is 1. The fourth-order valence-corrected chi connectivity index (χ4v) is 2.86. The molecule has 0 aromatic heterocycles. The molecule has 1 aromatic carbocycles. The van der Waals surface area contributed by atoms with Crippen molar-refractivity contribution in [1.29, 1.82) is 0 Å². The highest BCUT2D eigenvalue weighted by Gasteiger charge is 2.38. The average molecular weight is 269 g/mol. The first-order valence-corrected chi connectivity index (χ1v) is 6.59. The van der Waals surface area contributed by atoms with Crippen LogP contribution in [0.15, 0.2) is 18.2 Å². The standard InChI is InChI=1S/C14H21ClN2O/c1-14(10-16(2)7-8-17(14)3)12-9-11(15)5-6-13(12)18-4/h5-6,9H,7-8,10H2,1-4H3. The van der Waals surface area contributed by atoms with Crippen LogP contribution in [0.5, 0.6) is 5.75 Å². The Morgan fingerprint density at radius 1 is 1.28 bits per heavy atom. The van der Waals surface area contributed by atoms with E-state index in [1.807, 2.05) is 18.2 Å². The van der Waals surface area contributed by atoms with Gasteiger partial charge < -0.3 is 9.64 Å². The van der Waals surface area contributed by atoms with Gasteiger partial charge in [-0.3, -0.25) is 4.90 Å². The second-order valence-electron chi connectivity index (χ2n) is 5.28. The summed E-state index contributed by atoms with van der Waals surface area (Å²) in [5.41, 5.74) is 1.09. The molecule has 1 heterocycles. The van der Waals surface area contributed by atoms with Gasteiger partial charge in [0.25, 0.3) is 0 Å². The fraction of sp³-hybridized carbons (Fsp3) is 0.571. The molecule has 4 heteroatoms. The van der Waals surface area contributed by atoms with Crippen LogP contribution in [0.1, 0.15) is 12.5 Å². The van der Waals surface area contributed by atoms with Crippen LogP contribution in [-0.4, -0.2) is 50.6 Å². The molecule has 1 fully saturated rings. The van der Waals surface area contributed by atoms with Gasteiger partial charge in [0.05, 0.1) is 12.6 Å². The lowest BCUT2D eigenvalue weighted by Gasteiger charge is -2.47. The molecule has 2 rings (SSSR count). The van der Waals surface area contributed by atoms with Crippen molar-refractivity contribution < 1.29 is 4.74 Å². The zero-order valence-corrected chi connectivity index (χ0v) is 12.3. The molecule has 3 nitrogen and oxygen atoms in total. The average Bonchev–Trinajstić information content (AvgIpc) is 2.34. The van der Waals surface area contributed by atoms with Gasteiger partial charge >= 0.3 is 0 Å². The molecule has 0 aliphatic carbocycles. The lowest BCUT2D eigenvalue weighted by molar-refractivity contribution is 0.0362. The highest BCUT2D eigenvalue weighted by molar-refractivity contribution is 6.30. The molecule has 0 saturated carbocycles. The number of ether oxygens (including phenoxy) is 1. The van der Waals surface area contributed by atoms with E-state index < -0.39 is 0 Å². The molecule has 0 radical (unpaired) electrons. The van der Waals surface area contributed by atoms with E-state index >= 15 is 0 Å². The summed E-state index contributed by atoms with van der Waals surface area (Å²) in [5, 5.41) is 0.758. The van der Waals surface area contributed by atoms with Crippen LogP contribution in [0.25, 0.3) is 0 Å². The summed E-state index contributed by atoms with van der Waals surface area (Å²) < 4.78 is 5.50. The molecule has 100 valence electrons. The van der Waals surface area contributed by atoms with E-state index in [-0.39, 0.29) is 5.54 Å². The van der Waals surface area contributed by atoms with E-state index in [1.54, 1.807) is 7.11 Å². The van der Waals surface area contributed by atoms with E-state index in [0.717, 1.165) is 36.0 Å². The third kappa shape index (κ3) is 2.35. The molecule has 1 unspecified atom stereocenters. The minimum absolute atomic E-state index is 0.0662. The Balaban J connectivity index is 2.47. The molecule has 0 amide bonds. The quantitative estimate of drug-likeness (QED) is 0.819. The molecular formula is C14H21ClN2O. The Morgan fingerprint density at radius 3 is 2.67 bits per heavy atom. The Morgan fingerprint density at radius 2 is 2.00 bits per heavy atom. The van der Waals surface area contributed by atoms with Crippen molar-refractivity contribution in [3.63, 3.8) is 0 Å². The lowest BCUT2D eigenvalue weighted by atomic mass is 9.87. The van der Waals surface area contributed by atoms with Gasteiger partial charge in [0.15, 0.2) is 0 Å². The van der Waals surface area contributed by atoms with Gasteiger partial charge in [-0.25, -0.2) is 0 Å². The third-order valence-electron chi connectivity index (χ3n) is 3.98. The van der Waals surface area contributed by atoms with E-state index in [4.69, 9.17) is 16.3 Å². The first-order chi connectivity index (χ1) is 8.47. The van der Waals surface area contributed by atoms with Crippen molar-refractivity contribution in [2.45, 2.75) is 12.5 Å². The van der Waals surface area contributed by atoms with Gasteiger partial charge in [0.1, 0.15) is 5.75 Å². The number of benzene rings is 1. The highest BCUT2D eigenvalue weighted by atomic mass is 35.5. The molecule has 0 N–H and O–H groups in total. The van der Waals surface area contributed by atoms with E-state index in [2.05, 4.69) is 30.8 Å². The fourth-order valence-electron chi connectivity index (χ4n) is 2.68. The summed E-state index contributed by atoms with van der Waals surface area (Å²) in [6.45, 7) is 5.36. The van der Waals surface area contributed by atoms with Gasteiger partial charge in [-0.2, -0.15) is 0 Å². The largest absolute Gasteiger partial charge is 0.496 e.